The van der Waals surface area contributed by atoms with E-state index in [1.807, 2.05) is 29.2 Å². The van der Waals surface area contributed by atoms with E-state index in [1.165, 1.54) is 0 Å². The van der Waals surface area contributed by atoms with E-state index >= 15 is 0 Å². The number of nitrogens with zero attached hydrogens (tertiary/aromatic N) is 1. The predicted octanol–water partition coefficient (Wildman–Crippen LogP) is 2.93. The lowest BCUT2D eigenvalue weighted by atomic mass is 10.0. The molecule has 0 aromatic heterocycles. The van der Waals surface area contributed by atoms with Crippen LogP contribution in [-0.2, 0) is 9.59 Å². The Morgan fingerprint density at radius 1 is 1.40 bits per heavy atom. The highest BCUT2D eigenvalue weighted by molar-refractivity contribution is 9.10. The number of hydrogen-bond donors (Lipinski definition) is 1. The number of rotatable bonds is 5. The van der Waals surface area contributed by atoms with Gasteiger partial charge in [-0.15, -0.1) is 11.8 Å². The molecular formula is C14H16BrNO3S. The first kappa shape index (κ1) is 15.4. The summed E-state index contributed by atoms with van der Waals surface area (Å²) < 4.78 is 1.01. The normalized spacial score (nSPS) is 18.2. The van der Waals surface area contributed by atoms with Gasteiger partial charge in [0, 0.05) is 11.0 Å². The number of hydrogen-bond acceptors (Lipinski definition) is 3. The van der Waals surface area contributed by atoms with Crippen molar-refractivity contribution in [1.82, 2.24) is 4.90 Å². The molecule has 2 rings (SSSR count). The van der Waals surface area contributed by atoms with Gasteiger partial charge in [0.05, 0.1) is 17.5 Å². The van der Waals surface area contributed by atoms with Gasteiger partial charge in [-0.2, -0.15) is 0 Å². The number of carbonyl (C=O) groups excluding carboxylic acids is 1. The first-order valence-electron chi connectivity index (χ1n) is 6.42. The molecule has 1 heterocycles. The second-order valence-corrected chi connectivity index (χ2v) is 6.59. The van der Waals surface area contributed by atoms with Gasteiger partial charge < -0.3 is 10.0 Å². The van der Waals surface area contributed by atoms with Crippen LogP contribution in [0.5, 0.6) is 0 Å². The molecule has 0 radical (unpaired) electrons. The van der Waals surface area contributed by atoms with Crippen molar-refractivity contribution < 1.29 is 14.7 Å². The fraction of sp³-hybridized carbons (Fsp3) is 0.429. The molecular weight excluding hydrogens is 342 g/mol. The number of carboxylic acids is 1. The van der Waals surface area contributed by atoms with Crippen LogP contribution in [0.3, 0.4) is 0 Å². The second-order valence-electron chi connectivity index (χ2n) is 4.69. The van der Waals surface area contributed by atoms with Crippen molar-refractivity contribution in [3.8, 4) is 0 Å². The van der Waals surface area contributed by atoms with E-state index in [-0.39, 0.29) is 23.5 Å². The zero-order valence-corrected chi connectivity index (χ0v) is 13.3. The third kappa shape index (κ3) is 3.99. The van der Waals surface area contributed by atoms with Gasteiger partial charge >= 0.3 is 5.97 Å². The molecule has 0 spiro atoms. The summed E-state index contributed by atoms with van der Waals surface area (Å²) >= 11 is 4.61. The molecule has 1 aromatic rings. The minimum Gasteiger partial charge on any atom is -0.481 e. The highest BCUT2D eigenvalue weighted by Gasteiger charge is 2.29. The van der Waals surface area contributed by atoms with E-state index in [4.69, 9.17) is 5.11 Å². The summed E-state index contributed by atoms with van der Waals surface area (Å²) in [4.78, 5) is 24.5. The fourth-order valence-corrected chi connectivity index (χ4v) is 3.47. The van der Waals surface area contributed by atoms with E-state index in [0.717, 1.165) is 41.2 Å². The number of benzene rings is 1. The lowest BCUT2D eigenvalue weighted by Crippen LogP contribution is -2.32. The highest BCUT2D eigenvalue weighted by Crippen LogP contribution is 2.33. The van der Waals surface area contributed by atoms with Crippen LogP contribution < -0.4 is 0 Å². The van der Waals surface area contributed by atoms with Crippen LogP contribution >= 0.6 is 27.7 Å². The third-order valence-corrected chi connectivity index (χ3v) is 4.65. The standard InChI is InChI=1S/C14H16BrNO3S/c15-11-4-1-3-10(7-11)12-5-2-6-16(12)13(17)8-20-9-14(18)19/h1,3-4,7,12H,2,5-6,8-9H2,(H,18,19). The van der Waals surface area contributed by atoms with E-state index in [9.17, 15) is 9.59 Å². The molecule has 1 amide bonds. The summed E-state index contributed by atoms with van der Waals surface area (Å²) in [5.41, 5.74) is 1.13. The molecule has 0 bridgehead atoms. The van der Waals surface area contributed by atoms with Crippen LogP contribution in [-0.4, -0.2) is 39.9 Å². The van der Waals surface area contributed by atoms with Gasteiger partial charge in [0.25, 0.3) is 0 Å². The van der Waals surface area contributed by atoms with E-state index in [1.54, 1.807) is 0 Å². The van der Waals surface area contributed by atoms with Crippen LogP contribution in [0.4, 0.5) is 0 Å². The van der Waals surface area contributed by atoms with Crippen molar-refractivity contribution in [2.75, 3.05) is 18.1 Å². The van der Waals surface area contributed by atoms with Gasteiger partial charge in [0.15, 0.2) is 0 Å². The average molecular weight is 358 g/mol. The van der Waals surface area contributed by atoms with Gasteiger partial charge in [-0.3, -0.25) is 9.59 Å². The summed E-state index contributed by atoms with van der Waals surface area (Å²) in [6.07, 6.45) is 1.96. The Labute approximate surface area is 130 Å². The predicted molar refractivity (Wildman–Crippen MR) is 82.8 cm³/mol. The molecule has 1 atom stereocenters. The number of likely N-dealkylation sites (tertiary alicyclic amines) is 1. The minimum atomic E-state index is -0.882. The number of aliphatic carboxylic acids is 1. The maximum atomic E-state index is 12.2. The van der Waals surface area contributed by atoms with Crippen LogP contribution in [0.25, 0.3) is 0 Å². The minimum absolute atomic E-state index is 0.0266. The molecule has 6 heteroatoms. The monoisotopic (exact) mass is 357 g/mol. The average Bonchev–Trinajstić information content (AvgIpc) is 2.87. The summed E-state index contributed by atoms with van der Waals surface area (Å²) in [5, 5.41) is 8.60. The highest BCUT2D eigenvalue weighted by atomic mass is 79.9. The van der Waals surface area contributed by atoms with E-state index < -0.39 is 5.97 Å². The maximum Gasteiger partial charge on any atom is 0.313 e. The molecule has 1 aliphatic heterocycles. The molecule has 1 fully saturated rings. The van der Waals surface area contributed by atoms with Crippen LogP contribution in [0.15, 0.2) is 28.7 Å². The molecule has 20 heavy (non-hydrogen) atoms. The molecule has 0 saturated carbocycles. The molecule has 0 aliphatic carbocycles. The summed E-state index contributed by atoms with van der Waals surface area (Å²) in [6.45, 7) is 0.754. The van der Waals surface area contributed by atoms with Crippen molar-refractivity contribution in [2.45, 2.75) is 18.9 Å². The van der Waals surface area contributed by atoms with Crippen molar-refractivity contribution in [2.24, 2.45) is 0 Å². The molecule has 1 saturated heterocycles. The maximum absolute atomic E-state index is 12.2. The number of halogens is 1. The quantitative estimate of drug-likeness (QED) is 0.879. The molecule has 1 N–H and O–H groups in total. The molecule has 4 nitrogen and oxygen atoms in total. The van der Waals surface area contributed by atoms with Crippen molar-refractivity contribution in [3.63, 3.8) is 0 Å². The van der Waals surface area contributed by atoms with Gasteiger partial charge in [-0.1, -0.05) is 28.1 Å². The summed E-state index contributed by atoms with van der Waals surface area (Å²) in [5.74, 6) is -0.649. The van der Waals surface area contributed by atoms with Crippen LogP contribution in [0.1, 0.15) is 24.4 Å². The van der Waals surface area contributed by atoms with Gasteiger partial charge in [0.2, 0.25) is 5.91 Å². The molecule has 108 valence electrons. The second kappa shape index (κ2) is 7.13. The Hall–Kier alpha value is -1.01. The SMILES string of the molecule is O=C(O)CSCC(=O)N1CCCC1c1cccc(Br)c1. The largest absolute Gasteiger partial charge is 0.481 e. The van der Waals surface area contributed by atoms with Gasteiger partial charge in [-0.25, -0.2) is 0 Å². The first-order chi connectivity index (χ1) is 9.58. The lowest BCUT2D eigenvalue weighted by Gasteiger charge is -2.25. The van der Waals surface area contributed by atoms with Gasteiger partial charge in [-0.05, 0) is 30.5 Å². The topological polar surface area (TPSA) is 57.6 Å². The Morgan fingerprint density at radius 3 is 2.90 bits per heavy atom. The Morgan fingerprint density at radius 2 is 2.20 bits per heavy atom. The number of amides is 1. The fourth-order valence-electron chi connectivity index (χ4n) is 2.43. The van der Waals surface area contributed by atoms with Crippen LogP contribution in [0, 0.1) is 0 Å². The molecule has 1 aromatic carbocycles. The summed E-state index contributed by atoms with van der Waals surface area (Å²) in [6, 6.07) is 8.13. The molecule has 1 unspecified atom stereocenters. The zero-order chi connectivity index (χ0) is 14.5. The Balaban J connectivity index is 2.00. The number of thioether (sulfide) groups is 1. The van der Waals surface area contributed by atoms with E-state index in [0.29, 0.717) is 0 Å². The zero-order valence-electron chi connectivity index (χ0n) is 10.9. The Kier molecular flexibility index (Phi) is 5.48. The van der Waals surface area contributed by atoms with Gasteiger partial charge in [0.1, 0.15) is 0 Å². The number of carboxylic acid groups (broad SMARTS) is 1. The van der Waals surface area contributed by atoms with Crippen molar-refractivity contribution >= 4 is 39.6 Å². The number of carbonyl (C=O) groups is 2. The lowest BCUT2D eigenvalue weighted by molar-refractivity contribution is -0.133. The third-order valence-electron chi connectivity index (χ3n) is 3.26. The van der Waals surface area contributed by atoms with Crippen molar-refractivity contribution in [3.05, 3.63) is 34.3 Å². The summed E-state index contributed by atoms with van der Waals surface area (Å²) in [7, 11) is 0. The smallest absolute Gasteiger partial charge is 0.313 e. The van der Waals surface area contributed by atoms with E-state index in [2.05, 4.69) is 15.9 Å². The van der Waals surface area contributed by atoms with Crippen molar-refractivity contribution in [1.29, 1.82) is 0 Å². The molecule has 1 aliphatic rings. The first-order valence-corrected chi connectivity index (χ1v) is 8.37. The van der Waals surface area contributed by atoms with Crippen LogP contribution in [0.2, 0.25) is 0 Å². The Bertz CT molecular complexity index is 509.